The van der Waals surface area contributed by atoms with Gasteiger partial charge in [0, 0.05) is 35.0 Å². The van der Waals surface area contributed by atoms with Crippen LogP contribution in [0.1, 0.15) is 17.7 Å². The van der Waals surface area contributed by atoms with Gasteiger partial charge in [0.25, 0.3) is 0 Å². The number of anilines is 1. The Morgan fingerprint density at radius 3 is 3.13 bits per heavy atom. The van der Waals surface area contributed by atoms with Gasteiger partial charge in [-0.1, -0.05) is 6.07 Å². The van der Waals surface area contributed by atoms with Gasteiger partial charge in [-0.3, -0.25) is 4.21 Å². The van der Waals surface area contributed by atoms with Gasteiger partial charge in [-0.15, -0.1) is 0 Å². The van der Waals surface area contributed by atoms with E-state index in [1.54, 1.807) is 6.26 Å². The van der Waals surface area contributed by atoms with E-state index in [0.717, 1.165) is 18.8 Å². The zero-order chi connectivity index (χ0) is 10.7. The number of hydrogen-bond acceptors (Lipinski definition) is 3. The second-order valence-corrected chi connectivity index (χ2v) is 5.41. The minimum atomic E-state index is -0.729. The van der Waals surface area contributed by atoms with Crippen molar-refractivity contribution in [1.29, 1.82) is 0 Å². The number of pyridine rings is 1. The first-order chi connectivity index (χ1) is 7.25. The minimum Gasteiger partial charge on any atom is -0.369 e. The summed E-state index contributed by atoms with van der Waals surface area (Å²) in [4.78, 5) is 4.54. The molecule has 1 aromatic rings. The Bertz CT molecular complexity index is 379. The van der Waals surface area contributed by atoms with Crippen molar-refractivity contribution >= 4 is 16.6 Å². The van der Waals surface area contributed by atoms with Gasteiger partial charge in [-0.2, -0.15) is 0 Å². The Hall–Kier alpha value is -0.900. The van der Waals surface area contributed by atoms with Gasteiger partial charge in [-0.25, -0.2) is 4.98 Å². The highest BCUT2D eigenvalue weighted by Crippen LogP contribution is 2.21. The molecule has 1 heterocycles. The summed E-state index contributed by atoms with van der Waals surface area (Å²) >= 11 is 0. The Morgan fingerprint density at radius 1 is 1.47 bits per heavy atom. The average Bonchev–Trinajstić information content (AvgIpc) is 2.64. The lowest BCUT2D eigenvalue weighted by Crippen LogP contribution is -2.11. The molecule has 1 aliphatic carbocycles. The molecular weight excluding hydrogens is 208 g/mol. The van der Waals surface area contributed by atoms with Crippen molar-refractivity contribution in [2.45, 2.75) is 19.3 Å². The van der Waals surface area contributed by atoms with Crippen molar-refractivity contribution in [2.75, 3.05) is 23.9 Å². The maximum atomic E-state index is 10.9. The maximum absolute atomic E-state index is 10.9. The fraction of sp³-hybridized carbons (Fsp3) is 0.545. The third-order valence-electron chi connectivity index (χ3n) is 2.62. The molecule has 0 saturated heterocycles. The van der Waals surface area contributed by atoms with E-state index in [-0.39, 0.29) is 0 Å². The predicted octanol–water partition coefficient (Wildman–Crippen LogP) is 1.36. The number of hydrogen-bond donors (Lipinski definition) is 1. The number of aromatic nitrogens is 1. The first-order valence-electron chi connectivity index (χ1n) is 5.28. The van der Waals surface area contributed by atoms with Crippen LogP contribution < -0.4 is 5.32 Å². The van der Waals surface area contributed by atoms with Crippen molar-refractivity contribution in [1.82, 2.24) is 4.98 Å². The highest BCUT2D eigenvalue weighted by molar-refractivity contribution is 7.84. The standard InChI is InChI=1S/C11H16N2OS/c1-15(14)8-7-12-11-6-5-9-3-2-4-10(9)13-11/h5-6H,2-4,7-8H2,1H3,(H,12,13). The van der Waals surface area contributed by atoms with E-state index in [0.29, 0.717) is 5.75 Å². The molecule has 0 bridgehead atoms. The smallest absolute Gasteiger partial charge is 0.126 e. The fourth-order valence-corrected chi connectivity index (χ4v) is 2.23. The normalized spacial score (nSPS) is 16.1. The van der Waals surface area contributed by atoms with Crippen molar-refractivity contribution < 1.29 is 4.21 Å². The summed E-state index contributed by atoms with van der Waals surface area (Å²) in [6.45, 7) is 0.731. The summed E-state index contributed by atoms with van der Waals surface area (Å²) in [6.07, 6.45) is 5.22. The number of rotatable bonds is 4. The highest BCUT2D eigenvalue weighted by Gasteiger charge is 2.11. The largest absolute Gasteiger partial charge is 0.369 e. The molecule has 82 valence electrons. The van der Waals surface area contributed by atoms with E-state index in [4.69, 9.17) is 0 Å². The lowest BCUT2D eigenvalue weighted by atomic mass is 10.2. The molecule has 1 N–H and O–H groups in total. The topological polar surface area (TPSA) is 42.0 Å². The molecule has 0 aromatic carbocycles. The van der Waals surface area contributed by atoms with E-state index in [1.807, 2.05) is 6.07 Å². The van der Waals surface area contributed by atoms with Crippen LogP contribution in [0, 0.1) is 0 Å². The molecule has 0 amide bonds. The van der Waals surface area contributed by atoms with Gasteiger partial charge in [0.15, 0.2) is 0 Å². The molecule has 4 heteroatoms. The van der Waals surface area contributed by atoms with Crippen LogP contribution in [-0.4, -0.2) is 27.7 Å². The van der Waals surface area contributed by atoms with Gasteiger partial charge < -0.3 is 5.32 Å². The molecule has 1 aromatic heterocycles. The van der Waals surface area contributed by atoms with Crippen molar-refractivity contribution in [3.05, 3.63) is 23.4 Å². The van der Waals surface area contributed by atoms with E-state index >= 15 is 0 Å². The number of nitrogens with zero attached hydrogens (tertiary/aromatic N) is 1. The van der Waals surface area contributed by atoms with Crippen LogP contribution in [-0.2, 0) is 23.6 Å². The van der Waals surface area contributed by atoms with E-state index in [2.05, 4.69) is 16.4 Å². The molecule has 0 radical (unpaired) electrons. The maximum Gasteiger partial charge on any atom is 0.126 e. The van der Waals surface area contributed by atoms with Crippen molar-refractivity contribution in [2.24, 2.45) is 0 Å². The van der Waals surface area contributed by atoms with E-state index in [1.165, 1.54) is 24.1 Å². The number of fused-ring (bicyclic) bond motifs is 1. The Kier molecular flexibility index (Phi) is 3.36. The van der Waals surface area contributed by atoms with Crippen LogP contribution in [0.25, 0.3) is 0 Å². The fourth-order valence-electron chi connectivity index (χ4n) is 1.84. The van der Waals surface area contributed by atoms with Crippen LogP contribution >= 0.6 is 0 Å². The Balaban J connectivity index is 1.95. The third-order valence-corrected chi connectivity index (χ3v) is 3.40. The molecule has 0 fully saturated rings. The SMILES string of the molecule is CS(=O)CCNc1ccc2c(n1)CCC2. The minimum absolute atomic E-state index is 0.679. The number of nitrogens with one attached hydrogen (secondary N) is 1. The molecule has 1 unspecified atom stereocenters. The molecule has 3 nitrogen and oxygen atoms in total. The summed E-state index contributed by atoms with van der Waals surface area (Å²) < 4.78 is 10.9. The summed E-state index contributed by atoms with van der Waals surface area (Å²) in [5.41, 5.74) is 2.62. The molecule has 1 aliphatic rings. The van der Waals surface area contributed by atoms with Gasteiger partial charge in [0.2, 0.25) is 0 Å². The van der Waals surface area contributed by atoms with Gasteiger partial charge in [-0.05, 0) is 30.9 Å². The second kappa shape index (κ2) is 4.75. The summed E-state index contributed by atoms with van der Waals surface area (Å²) in [7, 11) is -0.729. The van der Waals surface area contributed by atoms with Crippen LogP contribution in [0.2, 0.25) is 0 Å². The average molecular weight is 224 g/mol. The quantitative estimate of drug-likeness (QED) is 0.839. The molecule has 0 aliphatic heterocycles. The Labute approximate surface area is 92.8 Å². The molecule has 15 heavy (non-hydrogen) atoms. The van der Waals surface area contributed by atoms with Crippen molar-refractivity contribution in [3.8, 4) is 0 Å². The van der Waals surface area contributed by atoms with Gasteiger partial charge in [0.1, 0.15) is 5.82 Å². The first-order valence-corrected chi connectivity index (χ1v) is 7.01. The predicted molar refractivity (Wildman–Crippen MR) is 63.7 cm³/mol. The van der Waals surface area contributed by atoms with E-state index < -0.39 is 10.8 Å². The lowest BCUT2D eigenvalue weighted by molar-refractivity contribution is 0.687. The highest BCUT2D eigenvalue weighted by atomic mass is 32.2. The molecule has 0 spiro atoms. The number of aryl methyl sites for hydroxylation is 2. The second-order valence-electron chi connectivity index (χ2n) is 3.86. The molecule has 0 saturated carbocycles. The molecule has 2 rings (SSSR count). The van der Waals surface area contributed by atoms with Gasteiger partial charge in [0.05, 0.1) is 0 Å². The monoisotopic (exact) mass is 224 g/mol. The van der Waals surface area contributed by atoms with Crippen molar-refractivity contribution in [3.63, 3.8) is 0 Å². The Morgan fingerprint density at radius 2 is 2.33 bits per heavy atom. The zero-order valence-electron chi connectivity index (χ0n) is 8.95. The molecule has 1 atom stereocenters. The van der Waals surface area contributed by atoms with E-state index in [9.17, 15) is 4.21 Å². The first kappa shape index (κ1) is 10.6. The zero-order valence-corrected chi connectivity index (χ0v) is 9.77. The van der Waals surface area contributed by atoms with Crippen LogP contribution in [0.4, 0.5) is 5.82 Å². The summed E-state index contributed by atoms with van der Waals surface area (Å²) in [5, 5.41) is 3.20. The van der Waals surface area contributed by atoms with Crippen LogP contribution in [0.15, 0.2) is 12.1 Å². The third kappa shape index (κ3) is 2.78. The van der Waals surface area contributed by atoms with Gasteiger partial charge >= 0.3 is 0 Å². The lowest BCUT2D eigenvalue weighted by Gasteiger charge is -2.06. The summed E-state index contributed by atoms with van der Waals surface area (Å²) in [5.74, 6) is 1.60. The molecular formula is C11H16N2OS. The summed E-state index contributed by atoms with van der Waals surface area (Å²) in [6, 6.07) is 4.17. The van der Waals surface area contributed by atoms with Crippen LogP contribution in [0.3, 0.4) is 0 Å². The van der Waals surface area contributed by atoms with Crippen LogP contribution in [0.5, 0.6) is 0 Å².